The van der Waals surface area contributed by atoms with Gasteiger partial charge in [-0.25, -0.2) is 4.79 Å². The Morgan fingerprint density at radius 3 is 2.73 bits per heavy atom. The maximum atomic E-state index is 11.6. The van der Waals surface area contributed by atoms with Gasteiger partial charge in [-0.05, 0) is 30.3 Å². The largest absolute Gasteiger partial charge is 0.478 e. The predicted octanol–water partition coefficient (Wildman–Crippen LogP) is 0.900. The van der Waals surface area contributed by atoms with Gasteiger partial charge in [0, 0.05) is 5.56 Å². The van der Waals surface area contributed by atoms with E-state index >= 15 is 0 Å². The van der Waals surface area contributed by atoms with Crippen LogP contribution in [0.5, 0.6) is 0 Å². The number of aromatic nitrogens is 2. The number of rotatable bonds is 3. The number of hydrogen-bond acceptors (Lipinski definition) is 3. The molecule has 6 heteroatoms. The second-order valence-corrected chi connectivity index (χ2v) is 4.70. The molecule has 0 amide bonds. The van der Waals surface area contributed by atoms with Crippen molar-refractivity contribution in [1.29, 1.82) is 0 Å². The average molecular weight is 296 g/mol. The van der Waals surface area contributed by atoms with Gasteiger partial charge in [0.05, 0.1) is 16.1 Å². The molecule has 110 valence electrons. The van der Waals surface area contributed by atoms with Crippen molar-refractivity contribution in [2.24, 2.45) is 0 Å². The fourth-order valence-corrected chi connectivity index (χ4v) is 2.09. The molecule has 0 saturated heterocycles. The summed E-state index contributed by atoms with van der Waals surface area (Å²) < 4.78 is 5.64. The number of H-pyrrole nitrogens is 2. The van der Waals surface area contributed by atoms with E-state index in [0.717, 1.165) is 0 Å². The summed E-state index contributed by atoms with van der Waals surface area (Å²) in [6.45, 7) is 3.71. The molecule has 22 heavy (non-hydrogen) atoms. The summed E-state index contributed by atoms with van der Waals surface area (Å²) in [6, 6.07) is 9.86. The Morgan fingerprint density at radius 2 is 2.05 bits per heavy atom. The summed E-state index contributed by atoms with van der Waals surface area (Å²) in [5, 5.41) is 14.9. The zero-order chi connectivity index (χ0) is 15.7. The van der Waals surface area contributed by atoms with Crippen LogP contribution in [-0.2, 0) is 0 Å². The van der Waals surface area contributed by atoms with Crippen LogP contribution in [0.25, 0.3) is 24.0 Å². The molecule has 2 heterocycles. The number of carbonyl (C=O) groups is 1. The van der Waals surface area contributed by atoms with E-state index in [9.17, 15) is 9.59 Å². The van der Waals surface area contributed by atoms with Crippen LogP contribution in [0.3, 0.4) is 0 Å². The van der Waals surface area contributed by atoms with Crippen LogP contribution in [0.15, 0.2) is 45.6 Å². The molecule has 0 unspecified atom stereocenters. The Labute approximate surface area is 124 Å². The summed E-state index contributed by atoms with van der Waals surface area (Å²) in [6.07, 6.45) is 1.57. The summed E-state index contributed by atoms with van der Waals surface area (Å²) in [7, 11) is 0. The van der Waals surface area contributed by atoms with E-state index in [4.69, 9.17) is 9.52 Å². The first kappa shape index (κ1) is 13.7. The minimum absolute atomic E-state index is 0.182. The molecule has 2 aromatic heterocycles. The highest BCUT2D eigenvalue weighted by Crippen LogP contribution is 2.23. The van der Waals surface area contributed by atoms with Crippen LogP contribution < -0.4 is 16.1 Å². The standard InChI is InChI=1S/C16H12N2O4/c1-9-13(15(19)18-17-9)8-12-5-6-14(22-12)10-3-2-4-11(7-10)16(20)21/h2-8,17H,1H2,(H,18,19)(H,20,21)/b13-8+. The highest BCUT2D eigenvalue weighted by Gasteiger charge is 2.08. The van der Waals surface area contributed by atoms with Gasteiger partial charge >= 0.3 is 5.97 Å². The van der Waals surface area contributed by atoms with Crippen molar-refractivity contribution >= 4 is 18.6 Å². The van der Waals surface area contributed by atoms with E-state index < -0.39 is 5.97 Å². The van der Waals surface area contributed by atoms with E-state index in [0.29, 0.717) is 27.7 Å². The van der Waals surface area contributed by atoms with Crippen LogP contribution in [0.1, 0.15) is 16.1 Å². The molecule has 3 N–H and O–H groups in total. The second kappa shape index (κ2) is 5.25. The summed E-state index contributed by atoms with van der Waals surface area (Å²) in [4.78, 5) is 22.6. The highest BCUT2D eigenvalue weighted by molar-refractivity contribution is 5.89. The Bertz CT molecular complexity index is 977. The Hall–Kier alpha value is -3.28. The smallest absolute Gasteiger partial charge is 0.335 e. The number of nitrogens with one attached hydrogen (secondary N) is 2. The van der Waals surface area contributed by atoms with Gasteiger partial charge in [-0.1, -0.05) is 18.7 Å². The van der Waals surface area contributed by atoms with Gasteiger partial charge in [-0.15, -0.1) is 0 Å². The van der Waals surface area contributed by atoms with Crippen LogP contribution in [0.2, 0.25) is 0 Å². The topological polar surface area (TPSA) is 99.1 Å². The van der Waals surface area contributed by atoms with Crippen LogP contribution in [0, 0.1) is 0 Å². The fourth-order valence-electron chi connectivity index (χ4n) is 2.09. The third kappa shape index (κ3) is 2.49. The molecule has 1 aromatic carbocycles. The number of aromatic carboxylic acids is 1. The number of furan rings is 1. The van der Waals surface area contributed by atoms with Gasteiger partial charge in [0.2, 0.25) is 0 Å². The summed E-state index contributed by atoms with van der Waals surface area (Å²) >= 11 is 0. The van der Waals surface area contributed by atoms with Crippen molar-refractivity contribution in [3.63, 3.8) is 0 Å². The average Bonchev–Trinajstić information content (AvgIpc) is 3.10. The highest BCUT2D eigenvalue weighted by atomic mass is 16.4. The maximum absolute atomic E-state index is 11.6. The number of aromatic amines is 2. The Morgan fingerprint density at radius 1 is 1.23 bits per heavy atom. The molecule has 0 aliphatic rings. The Kier molecular flexibility index (Phi) is 3.27. The molecule has 3 aromatic rings. The zero-order valence-electron chi connectivity index (χ0n) is 11.4. The van der Waals surface area contributed by atoms with Gasteiger partial charge in [0.25, 0.3) is 5.56 Å². The molecule has 0 aliphatic heterocycles. The SMILES string of the molecule is C=c1[nH][nH]c(=O)/c1=C/c1ccc(-c2cccc(C(=O)O)c2)o1. The van der Waals surface area contributed by atoms with E-state index in [-0.39, 0.29) is 11.1 Å². The number of benzene rings is 1. The van der Waals surface area contributed by atoms with E-state index in [1.807, 2.05) is 0 Å². The normalized spacial score (nSPS) is 11.7. The molecule has 0 radical (unpaired) electrons. The summed E-state index contributed by atoms with van der Waals surface area (Å²) in [5.41, 5.74) is 0.551. The van der Waals surface area contributed by atoms with Crippen LogP contribution in [0.4, 0.5) is 0 Å². The zero-order valence-corrected chi connectivity index (χ0v) is 11.4. The van der Waals surface area contributed by atoms with Gasteiger partial charge in [-0.3, -0.25) is 15.0 Å². The van der Waals surface area contributed by atoms with Crippen molar-refractivity contribution in [3.8, 4) is 11.3 Å². The van der Waals surface area contributed by atoms with Crippen LogP contribution in [-0.4, -0.2) is 21.3 Å². The molecule has 0 aliphatic carbocycles. The van der Waals surface area contributed by atoms with E-state index in [1.54, 1.807) is 30.3 Å². The van der Waals surface area contributed by atoms with Crippen LogP contribution >= 0.6 is 0 Å². The number of carboxylic acid groups (broad SMARTS) is 1. The third-order valence-electron chi connectivity index (χ3n) is 3.20. The monoisotopic (exact) mass is 296 g/mol. The van der Waals surface area contributed by atoms with Gasteiger partial charge < -0.3 is 9.52 Å². The number of carboxylic acids is 1. The lowest BCUT2D eigenvalue weighted by Crippen LogP contribution is -2.32. The molecule has 6 nitrogen and oxygen atoms in total. The maximum Gasteiger partial charge on any atom is 0.335 e. The first-order chi connectivity index (χ1) is 10.5. The first-order valence-electron chi connectivity index (χ1n) is 6.45. The molecule has 0 bridgehead atoms. The van der Waals surface area contributed by atoms with Crippen molar-refractivity contribution < 1.29 is 14.3 Å². The quantitative estimate of drug-likeness (QED) is 0.668. The lowest BCUT2D eigenvalue weighted by atomic mass is 10.1. The molecule has 0 saturated carbocycles. The van der Waals surface area contributed by atoms with Crippen molar-refractivity contribution in [2.75, 3.05) is 0 Å². The van der Waals surface area contributed by atoms with Crippen molar-refractivity contribution in [2.45, 2.75) is 0 Å². The van der Waals surface area contributed by atoms with E-state index in [2.05, 4.69) is 16.8 Å². The Balaban J connectivity index is 2.03. The van der Waals surface area contributed by atoms with Gasteiger partial charge in [-0.2, -0.15) is 0 Å². The lowest BCUT2D eigenvalue weighted by Gasteiger charge is -1.98. The summed E-state index contributed by atoms with van der Waals surface area (Å²) in [5.74, 6) is -0.00148. The molecule has 0 fully saturated rings. The first-order valence-corrected chi connectivity index (χ1v) is 6.45. The van der Waals surface area contributed by atoms with Gasteiger partial charge in [0.15, 0.2) is 0 Å². The molecular formula is C16H12N2O4. The predicted molar refractivity (Wildman–Crippen MR) is 80.9 cm³/mol. The van der Waals surface area contributed by atoms with Crippen molar-refractivity contribution in [1.82, 2.24) is 10.2 Å². The molecular weight excluding hydrogens is 284 g/mol. The molecule has 0 atom stereocenters. The third-order valence-corrected chi connectivity index (χ3v) is 3.20. The molecule has 0 spiro atoms. The molecule has 3 rings (SSSR count). The lowest BCUT2D eigenvalue weighted by molar-refractivity contribution is 0.0697. The van der Waals surface area contributed by atoms with Crippen molar-refractivity contribution in [3.05, 3.63) is 68.6 Å². The van der Waals surface area contributed by atoms with E-state index in [1.165, 1.54) is 12.1 Å². The number of hydrogen-bond donors (Lipinski definition) is 3. The minimum atomic E-state index is -0.999. The minimum Gasteiger partial charge on any atom is -0.478 e. The second-order valence-electron chi connectivity index (χ2n) is 4.70. The fraction of sp³-hybridized carbons (Fsp3) is 0. The van der Waals surface area contributed by atoms with Gasteiger partial charge in [0.1, 0.15) is 11.5 Å².